The van der Waals surface area contributed by atoms with Crippen molar-refractivity contribution in [3.05, 3.63) is 65.9 Å². The zero-order chi connectivity index (χ0) is 21.7. The molecule has 154 valence electrons. The zero-order valence-corrected chi connectivity index (χ0v) is 16.3. The summed E-state index contributed by atoms with van der Waals surface area (Å²) in [6, 6.07) is 7.51. The lowest BCUT2D eigenvalue weighted by Crippen LogP contribution is -2.16. The van der Waals surface area contributed by atoms with E-state index >= 15 is 0 Å². The van der Waals surface area contributed by atoms with Crippen LogP contribution in [0.5, 0.6) is 0 Å². The molecule has 0 unspecified atom stereocenters. The molecule has 2 aromatic rings. The predicted molar refractivity (Wildman–Crippen MR) is 103 cm³/mol. The summed E-state index contributed by atoms with van der Waals surface area (Å²) < 4.78 is 64.5. The van der Waals surface area contributed by atoms with E-state index in [4.69, 9.17) is 11.6 Å². The molecule has 1 aromatic carbocycles. The van der Waals surface area contributed by atoms with E-state index in [1.807, 2.05) is 0 Å². The zero-order valence-electron chi connectivity index (χ0n) is 15.4. The SMILES string of the molecule is C#CN/C=C\C(C)=C/Cc1nc(C(F)(F)CF)cn1-c1ccc(S(N)(=O)=O)cc1. The van der Waals surface area contributed by atoms with Crippen molar-refractivity contribution in [1.82, 2.24) is 14.9 Å². The van der Waals surface area contributed by atoms with E-state index in [2.05, 4.69) is 16.3 Å². The van der Waals surface area contributed by atoms with Crippen LogP contribution < -0.4 is 10.5 Å². The fourth-order valence-electron chi connectivity index (χ4n) is 2.37. The van der Waals surface area contributed by atoms with Gasteiger partial charge in [0, 0.05) is 30.5 Å². The first-order chi connectivity index (χ1) is 13.6. The van der Waals surface area contributed by atoms with Gasteiger partial charge in [-0.3, -0.25) is 0 Å². The van der Waals surface area contributed by atoms with Crippen molar-refractivity contribution in [1.29, 1.82) is 0 Å². The first kappa shape index (κ1) is 22.3. The van der Waals surface area contributed by atoms with Crippen LogP contribution in [0.3, 0.4) is 0 Å². The van der Waals surface area contributed by atoms with Crippen LogP contribution in [0.25, 0.3) is 5.69 Å². The standard InChI is InChI=1S/C19H19F3N4O2S/c1-3-24-11-10-14(2)4-9-18-25-17(19(21,22)13-20)12-26(18)15-5-7-16(8-6-15)29(23,27)28/h1,4-8,10-12,24H,9,13H2,2H3,(H2,23,27,28)/b11-10-,14-4-. The lowest BCUT2D eigenvalue weighted by molar-refractivity contribution is -0.0319. The number of benzene rings is 1. The van der Waals surface area contributed by atoms with Crippen molar-refractivity contribution >= 4 is 10.0 Å². The van der Waals surface area contributed by atoms with E-state index in [-0.39, 0.29) is 17.1 Å². The molecule has 0 aliphatic carbocycles. The highest BCUT2D eigenvalue weighted by Crippen LogP contribution is 2.29. The molecule has 0 saturated heterocycles. The van der Waals surface area contributed by atoms with Crippen LogP contribution in [-0.4, -0.2) is 24.6 Å². The Labute approximate surface area is 167 Å². The first-order valence-electron chi connectivity index (χ1n) is 8.28. The minimum atomic E-state index is -3.90. The Balaban J connectivity index is 2.44. The monoisotopic (exact) mass is 424 g/mol. The van der Waals surface area contributed by atoms with Crippen LogP contribution in [0.15, 0.2) is 59.3 Å². The topological polar surface area (TPSA) is 90.0 Å². The summed E-state index contributed by atoms with van der Waals surface area (Å²) in [6.45, 7) is -0.108. The molecule has 0 atom stereocenters. The minimum absolute atomic E-state index is 0.126. The summed E-state index contributed by atoms with van der Waals surface area (Å²) in [5.41, 5.74) is 0.434. The molecule has 0 spiro atoms. The van der Waals surface area contributed by atoms with Gasteiger partial charge in [-0.15, -0.1) is 0 Å². The summed E-state index contributed by atoms with van der Waals surface area (Å²) >= 11 is 0. The molecule has 10 heteroatoms. The molecule has 0 fully saturated rings. The molecule has 0 radical (unpaired) electrons. The lowest BCUT2D eigenvalue weighted by atomic mass is 10.2. The van der Waals surface area contributed by atoms with Gasteiger partial charge in [0.1, 0.15) is 11.5 Å². The number of alkyl halides is 3. The second-order valence-electron chi connectivity index (χ2n) is 6.06. The summed E-state index contributed by atoms with van der Waals surface area (Å²) in [5.74, 6) is -3.52. The number of hydrogen-bond acceptors (Lipinski definition) is 4. The van der Waals surface area contributed by atoms with Crippen molar-refractivity contribution in [2.75, 3.05) is 6.67 Å². The minimum Gasteiger partial charge on any atom is -0.322 e. The molecule has 1 heterocycles. The summed E-state index contributed by atoms with van der Waals surface area (Å²) in [5, 5.41) is 7.62. The molecule has 3 N–H and O–H groups in total. The van der Waals surface area contributed by atoms with Gasteiger partial charge in [-0.2, -0.15) is 8.78 Å². The highest BCUT2D eigenvalue weighted by atomic mass is 32.2. The van der Waals surface area contributed by atoms with Gasteiger partial charge in [0.05, 0.1) is 4.90 Å². The van der Waals surface area contributed by atoms with Gasteiger partial charge in [-0.05, 0) is 37.3 Å². The van der Waals surface area contributed by atoms with Crippen LogP contribution in [-0.2, 0) is 22.4 Å². The van der Waals surface area contributed by atoms with Gasteiger partial charge < -0.3 is 9.88 Å². The number of halogens is 3. The molecule has 1 aromatic heterocycles. The van der Waals surface area contributed by atoms with Crippen LogP contribution >= 0.6 is 0 Å². The summed E-state index contributed by atoms with van der Waals surface area (Å²) in [7, 11) is -3.90. The quantitative estimate of drug-likeness (QED) is 0.387. The maximum Gasteiger partial charge on any atom is 0.318 e. The number of aromatic nitrogens is 2. The van der Waals surface area contributed by atoms with Gasteiger partial charge in [0.2, 0.25) is 10.0 Å². The van der Waals surface area contributed by atoms with E-state index in [1.54, 1.807) is 19.1 Å². The third kappa shape index (κ3) is 5.73. The number of terminal acetylenes is 1. The molecule has 0 amide bonds. The van der Waals surface area contributed by atoms with E-state index in [9.17, 15) is 21.6 Å². The van der Waals surface area contributed by atoms with Crippen molar-refractivity contribution < 1.29 is 21.6 Å². The number of imidazole rings is 1. The first-order valence-corrected chi connectivity index (χ1v) is 9.83. The lowest BCUT2D eigenvalue weighted by Gasteiger charge is -2.08. The second kappa shape index (κ2) is 8.98. The molecule has 0 aliphatic heterocycles. The molecule has 0 bridgehead atoms. The maximum absolute atomic E-state index is 13.8. The molecule has 6 nitrogen and oxygen atoms in total. The molecule has 0 saturated carbocycles. The third-order valence-electron chi connectivity index (χ3n) is 3.88. The average molecular weight is 424 g/mol. The van der Waals surface area contributed by atoms with Crippen molar-refractivity contribution in [2.45, 2.75) is 24.2 Å². The molecule has 2 rings (SSSR count). The van der Waals surface area contributed by atoms with Crippen molar-refractivity contribution in [3.8, 4) is 18.2 Å². The van der Waals surface area contributed by atoms with Crippen LogP contribution in [0.4, 0.5) is 13.2 Å². The van der Waals surface area contributed by atoms with Crippen LogP contribution in [0, 0.1) is 12.5 Å². The summed E-state index contributed by atoms with van der Waals surface area (Å²) in [4.78, 5) is 3.76. The molecular formula is C19H19F3N4O2S. The van der Waals surface area contributed by atoms with Gasteiger partial charge >= 0.3 is 5.92 Å². The smallest absolute Gasteiger partial charge is 0.318 e. The van der Waals surface area contributed by atoms with E-state index in [1.165, 1.54) is 35.0 Å². The normalized spacial score (nSPS) is 12.9. The van der Waals surface area contributed by atoms with Crippen molar-refractivity contribution in [3.63, 3.8) is 0 Å². The number of nitrogens with zero attached hydrogens (tertiary/aromatic N) is 2. The van der Waals surface area contributed by atoms with Gasteiger partial charge in [-0.25, -0.2) is 22.9 Å². The Morgan fingerprint density at radius 2 is 2.03 bits per heavy atom. The maximum atomic E-state index is 13.8. The Morgan fingerprint density at radius 3 is 2.59 bits per heavy atom. The fraction of sp³-hybridized carbons (Fsp3) is 0.211. The highest BCUT2D eigenvalue weighted by molar-refractivity contribution is 7.89. The number of allylic oxidation sites excluding steroid dienone is 3. The Kier molecular flexibility index (Phi) is 6.89. The van der Waals surface area contributed by atoms with Gasteiger partial charge in [-0.1, -0.05) is 18.1 Å². The van der Waals surface area contributed by atoms with Crippen LogP contribution in [0.2, 0.25) is 0 Å². The number of nitrogens with one attached hydrogen (secondary N) is 1. The van der Waals surface area contributed by atoms with E-state index in [0.717, 1.165) is 11.8 Å². The number of nitrogens with two attached hydrogens (primary N) is 1. The Morgan fingerprint density at radius 1 is 1.38 bits per heavy atom. The highest BCUT2D eigenvalue weighted by Gasteiger charge is 2.35. The van der Waals surface area contributed by atoms with Gasteiger partial charge in [0.15, 0.2) is 6.67 Å². The number of hydrogen-bond donors (Lipinski definition) is 2. The van der Waals surface area contributed by atoms with Crippen molar-refractivity contribution in [2.24, 2.45) is 5.14 Å². The number of rotatable bonds is 8. The molecule has 29 heavy (non-hydrogen) atoms. The average Bonchev–Trinajstić information content (AvgIpc) is 3.11. The molecular weight excluding hydrogens is 405 g/mol. The van der Waals surface area contributed by atoms with E-state index in [0.29, 0.717) is 5.69 Å². The third-order valence-corrected chi connectivity index (χ3v) is 4.81. The van der Waals surface area contributed by atoms with Crippen LogP contribution in [0.1, 0.15) is 18.4 Å². The van der Waals surface area contributed by atoms with E-state index < -0.39 is 28.3 Å². The second-order valence-corrected chi connectivity index (χ2v) is 7.63. The Bertz CT molecular complexity index is 1070. The predicted octanol–water partition coefficient (Wildman–Crippen LogP) is 2.76. The van der Waals surface area contributed by atoms with Gasteiger partial charge in [0.25, 0.3) is 0 Å². The number of sulfonamides is 1. The molecule has 0 aliphatic rings. The number of primary sulfonamides is 1. The fourth-order valence-corrected chi connectivity index (χ4v) is 2.88. The Hall–Kier alpha value is -3.03. The largest absolute Gasteiger partial charge is 0.322 e. The summed E-state index contributed by atoms with van der Waals surface area (Å²) in [6.07, 6.45) is 11.2.